The molecular weight excluding hydrogens is 375 g/mol. The summed E-state index contributed by atoms with van der Waals surface area (Å²) in [5.41, 5.74) is 1.30. The smallest absolute Gasteiger partial charge is 0.238 e. The Hall–Kier alpha value is -2.97. The van der Waals surface area contributed by atoms with Gasteiger partial charge in [-0.3, -0.25) is 19.4 Å². The monoisotopic (exact) mass is 400 g/mol. The van der Waals surface area contributed by atoms with E-state index in [1.807, 2.05) is 4.90 Å². The van der Waals surface area contributed by atoms with Gasteiger partial charge in [0.15, 0.2) is 0 Å². The quantitative estimate of drug-likeness (QED) is 0.744. The maximum Gasteiger partial charge on any atom is 0.238 e. The molecule has 1 saturated heterocycles. The molecule has 0 atom stereocenters. The lowest BCUT2D eigenvalue weighted by atomic mass is 10.2. The predicted molar refractivity (Wildman–Crippen MR) is 110 cm³/mol. The number of ether oxygens (including phenoxy) is 1. The number of benzene rings is 2. The summed E-state index contributed by atoms with van der Waals surface area (Å²) in [6, 6.07) is 12.9. The van der Waals surface area contributed by atoms with E-state index in [0.29, 0.717) is 38.4 Å². The molecule has 2 aromatic carbocycles. The van der Waals surface area contributed by atoms with Gasteiger partial charge in [0.05, 0.1) is 20.2 Å². The fraction of sp³-hybridized carbons (Fsp3) is 0.333. The molecule has 2 N–H and O–H groups in total. The molecule has 3 rings (SSSR count). The van der Waals surface area contributed by atoms with Crippen LogP contribution in [0.3, 0.4) is 0 Å². The number of hydrogen-bond donors (Lipinski definition) is 2. The number of amides is 2. The van der Waals surface area contributed by atoms with Crippen LogP contribution in [0.5, 0.6) is 5.75 Å². The van der Waals surface area contributed by atoms with Crippen molar-refractivity contribution in [3.63, 3.8) is 0 Å². The minimum Gasteiger partial charge on any atom is -0.497 e. The van der Waals surface area contributed by atoms with Crippen LogP contribution in [0.1, 0.15) is 0 Å². The molecule has 1 heterocycles. The molecule has 0 spiro atoms. The van der Waals surface area contributed by atoms with Gasteiger partial charge in [-0.1, -0.05) is 0 Å². The predicted octanol–water partition coefficient (Wildman–Crippen LogP) is 2.03. The maximum absolute atomic E-state index is 12.9. The Morgan fingerprint density at radius 3 is 1.66 bits per heavy atom. The van der Waals surface area contributed by atoms with Gasteiger partial charge in [0.2, 0.25) is 11.8 Å². The Bertz CT molecular complexity index is 819. The Morgan fingerprint density at radius 2 is 1.24 bits per heavy atom. The molecule has 0 bridgehead atoms. The fourth-order valence-corrected chi connectivity index (χ4v) is 3.12. The first kappa shape index (κ1) is 20.8. The van der Waals surface area contributed by atoms with Crippen LogP contribution < -0.4 is 15.4 Å². The van der Waals surface area contributed by atoms with Crippen molar-refractivity contribution < 1.29 is 18.7 Å². The third-order valence-corrected chi connectivity index (χ3v) is 4.70. The Labute approximate surface area is 169 Å². The lowest BCUT2D eigenvalue weighted by Crippen LogP contribution is -2.50. The first-order valence-electron chi connectivity index (χ1n) is 9.46. The van der Waals surface area contributed by atoms with Gasteiger partial charge in [0.1, 0.15) is 11.6 Å². The third kappa shape index (κ3) is 6.55. The van der Waals surface area contributed by atoms with Crippen LogP contribution in [0.4, 0.5) is 15.8 Å². The molecule has 1 aliphatic heterocycles. The number of carbonyl (C=O) groups is 2. The Morgan fingerprint density at radius 1 is 0.828 bits per heavy atom. The number of rotatable bonds is 7. The Kier molecular flexibility index (Phi) is 7.15. The van der Waals surface area contributed by atoms with Gasteiger partial charge < -0.3 is 15.4 Å². The fourth-order valence-electron chi connectivity index (χ4n) is 3.12. The topological polar surface area (TPSA) is 73.9 Å². The molecule has 29 heavy (non-hydrogen) atoms. The van der Waals surface area contributed by atoms with Gasteiger partial charge >= 0.3 is 0 Å². The molecule has 2 aromatic rings. The van der Waals surface area contributed by atoms with Crippen LogP contribution in [-0.2, 0) is 9.59 Å². The molecule has 0 aliphatic carbocycles. The van der Waals surface area contributed by atoms with Crippen LogP contribution in [0.2, 0.25) is 0 Å². The molecule has 7 nitrogen and oxygen atoms in total. The molecule has 8 heteroatoms. The summed E-state index contributed by atoms with van der Waals surface area (Å²) in [5.74, 6) is 0.192. The first-order chi connectivity index (χ1) is 14.0. The van der Waals surface area contributed by atoms with Crippen molar-refractivity contribution >= 4 is 23.2 Å². The maximum atomic E-state index is 12.9. The second-order valence-electron chi connectivity index (χ2n) is 6.88. The molecule has 1 aliphatic rings. The highest BCUT2D eigenvalue weighted by atomic mass is 19.1. The number of carbonyl (C=O) groups excluding carboxylic acids is 2. The first-order valence-corrected chi connectivity index (χ1v) is 9.46. The number of nitrogens with zero attached hydrogens (tertiary/aromatic N) is 2. The molecule has 1 fully saturated rings. The number of hydrogen-bond acceptors (Lipinski definition) is 5. The van der Waals surface area contributed by atoms with Crippen molar-refractivity contribution in [1.82, 2.24) is 9.80 Å². The van der Waals surface area contributed by atoms with Gasteiger partial charge in [0.25, 0.3) is 0 Å². The van der Waals surface area contributed by atoms with Crippen molar-refractivity contribution in [2.75, 3.05) is 57.0 Å². The minimum atomic E-state index is -0.338. The van der Waals surface area contributed by atoms with Crippen molar-refractivity contribution in [2.45, 2.75) is 0 Å². The number of nitrogens with one attached hydrogen (secondary N) is 2. The van der Waals surface area contributed by atoms with Gasteiger partial charge in [0, 0.05) is 37.6 Å². The van der Waals surface area contributed by atoms with Crippen LogP contribution in [0, 0.1) is 5.82 Å². The Balaban J connectivity index is 1.37. The molecule has 154 valence electrons. The van der Waals surface area contributed by atoms with Crippen LogP contribution >= 0.6 is 0 Å². The van der Waals surface area contributed by atoms with E-state index in [4.69, 9.17) is 4.74 Å². The van der Waals surface area contributed by atoms with E-state index >= 15 is 0 Å². The van der Waals surface area contributed by atoms with Crippen LogP contribution in [0.25, 0.3) is 0 Å². The second-order valence-corrected chi connectivity index (χ2v) is 6.88. The van der Waals surface area contributed by atoms with Gasteiger partial charge in [-0.2, -0.15) is 0 Å². The highest BCUT2D eigenvalue weighted by molar-refractivity contribution is 5.92. The number of halogens is 1. The standard InChI is InChI=1S/C21H25FN4O3/c1-29-19-8-6-18(7-9-19)24-21(28)15-26-12-10-25(11-13-26)14-20(27)23-17-4-2-16(22)3-5-17/h2-9H,10-15H2,1H3,(H,23,27)(H,24,28). The zero-order valence-corrected chi connectivity index (χ0v) is 16.4. The molecule has 0 unspecified atom stereocenters. The highest BCUT2D eigenvalue weighted by Gasteiger charge is 2.20. The van der Waals surface area contributed by atoms with Crippen molar-refractivity contribution in [2.24, 2.45) is 0 Å². The molecule has 0 aromatic heterocycles. The van der Waals surface area contributed by atoms with E-state index in [0.717, 1.165) is 11.4 Å². The minimum absolute atomic E-state index is 0.0716. The molecule has 0 saturated carbocycles. The van der Waals surface area contributed by atoms with Crippen LogP contribution in [-0.4, -0.2) is 68.0 Å². The van der Waals surface area contributed by atoms with Crippen molar-refractivity contribution in [3.8, 4) is 5.75 Å². The van der Waals surface area contributed by atoms with E-state index in [2.05, 4.69) is 15.5 Å². The van der Waals surface area contributed by atoms with Crippen molar-refractivity contribution in [3.05, 3.63) is 54.3 Å². The summed E-state index contributed by atoms with van der Waals surface area (Å²) >= 11 is 0. The van der Waals surface area contributed by atoms with Crippen LogP contribution in [0.15, 0.2) is 48.5 Å². The van der Waals surface area contributed by atoms with E-state index in [1.165, 1.54) is 24.3 Å². The number of piperazine rings is 1. The van der Waals surface area contributed by atoms with E-state index in [1.54, 1.807) is 31.4 Å². The average Bonchev–Trinajstić information content (AvgIpc) is 2.72. The lowest BCUT2D eigenvalue weighted by molar-refractivity contribution is -0.120. The van der Waals surface area contributed by atoms with Gasteiger partial charge in [-0.25, -0.2) is 4.39 Å². The normalized spacial score (nSPS) is 15.0. The van der Waals surface area contributed by atoms with Crippen molar-refractivity contribution in [1.29, 1.82) is 0 Å². The summed E-state index contributed by atoms with van der Waals surface area (Å²) in [4.78, 5) is 28.5. The highest BCUT2D eigenvalue weighted by Crippen LogP contribution is 2.15. The number of anilines is 2. The SMILES string of the molecule is COc1ccc(NC(=O)CN2CCN(CC(=O)Nc3ccc(F)cc3)CC2)cc1. The number of methoxy groups -OCH3 is 1. The molecule has 0 radical (unpaired) electrons. The van der Waals surface area contributed by atoms with Gasteiger partial charge in [-0.05, 0) is 48.5 Å². The molecular formula is C21H25FN4O3. The lowest BCUT2D eigenvalue weighted by Gasteiger charge is -2.33. The zero-order chi connectivity index (χ0) is 20.6. The summed E-state index contributed by atoms with van der Waals surface area (Å²) in [7, 11) is 1.60. The third-order valence-electron chi connectivity index (χ3n) is 4.70. The van der Waals surface area contributed by atoms with E-state index in [9.17, 15) is 14.0 Å². The molecule has 2 amide bonds. The van der Waals surface area contributed by atoms with E-state index < -0.39 is 0 Å². The summed E-state index contributed by atoms with van der Waals surface area (Å²) in [5, 5.41) is 5.64. The summed E-state index contributed by atoms with van der Waals surface area (Å²) in [6.07, 6.45) is 0. The summed E-state index contributed by atoms with van der Waals surface area (Å²) < 4.78 is 18.0. The second kappa shape index (κ2) is 9.99. The summed E-state index contributed by atoms with van der Waals surface area (Å²) in [6.45, 7) is 3.39. The van der Waals surface area contributed by atoms with Gasteiger partial charge in [-0.15, -0.1) is 0 Å². The zero-order valence-electron chi connectivity index (χ0n) is 16.4. The average molecular weight is 400 g/mol. The van der Waals surface area contributed by atoms with E-state index in [-0.39, 0.29) is 24.2 Å². The largest absolute Gasteiger partial charge is 0.497 e.